The summed E-state index contributed by atoms with van der Waals surface area (Å²) in [5.41, 5.74) is 1.89. The van der Waals surface area contributed by atoms with E-state index in [4.69, 9.17) is 4.74 Å². The van der Waals surface area contributed by atoms with Gasteiger partial charge in [0.2, 0.25) is 0 Å². The van der Waals surface area contributed by atoms with E-state index < -0.39 is 21.0 Å². The Morgan fingerprint density at radius 1 is 0.591 bits per heavy atom. The van der Waals surface area contributed by atoms with Crippen molar-refractivity contribution in [1.82, 2.24) is 0 Å². The third kappa shape index (κ3) is 6.33. The van der Waals surface area contributed by atoms with Gasteiger partial charge in [0.15, 0.2) is 16.7 Å². The first-order valence-corrected chi connectivity index (χ1v) is 17.1. The van der Waals surface area contributed by atoms with E-state index in [2.05, 4.69) is 0 Å². The molecule has 0 bridgehead atoms. The number of benzene rings is 6. The Hall–Kier alpha value is -4.63. The summed E-state index contributed by atoms with van der Waals surface area (Å²) in [5.74, 6) is 1.03. The molecule has 0 fully saturated rings. The maximum atomic E-state index is 14.5. The lowest BCUT2D eigenvalue weighted by Gasteiger charge is -2.27. The van der Waals surface area contributed by atoms with E-state index in [9.17, 15) is 12.6 Å². The number of anilines is 1. The van der Waals surface area contributed by atoms with Crippen molar-refractivity contribution in [3.05, 3.63) is 164 Å². The molecule has 44 heavy (non-hydrogen) atoms. The van der Waals surface area contributed by atoms with Crippen LogP contribution in [0.25, 0.3) is 11.1 Å². The molecule has 0 aliphatic rings. The maximum absolute atomic E-state index is 14.5. The fourth-order valence-electron chi connectivity index (χ4n) is 4.58. The smallest absolute Gasteiger partial charge is 0.275 e. The van der Waals surface area contributed by atoms with E-state index in [-0.39, 0.29) is 10.6 Å². The van der Waals surface area contributed by atoms with Crippen LogP contribution in [0.5, 0.6) is 11.5 Å². The molecule has 1 atom stereocenters. The Bertz CT molecular complexity index is 1970. The zero-order valence-electron chi connectivity index (χ0n) is 23.4. The molecule has 0 radical (unpaired) electrons. The van der Waals surface area contributed by atoms with Crippen LogP contribution in [0.4, 0.5) is 5.69 Å². The highest BCUT2D eigenvalue weighted by atomic mass is 32.3. The quantitative estimate of drug-likeness (QED) is 0.151. The number of para-hydroxylation sites is 1. The van der Waals surface area contributed by atoms with Crippen molar-refractivity contribution in [2.45, 2.75) is 19.6 Å². The fourth-order valence-corrected chi connectivity index (χ4v) is 8.98. The summed E-state index contributed by atoms with van der Waals surface area (Å²) in [4.78, 5) is 1.74. The SMILES string of the molecule is O=S(c1ccccc1)N(c1ccc(-c2ccccc2)c(Oc2ccccc2)c1Sc1ccccc1)S(=O)(=O)c1ccccc1. The molecule has 6 rings (SSSR count). The van der Waals surface area contributed by atoms with Gasteiger partial charge in [-0.05, 0) is 66.2 Å². The Morgan fingerprint density at radius 3 is 1.73 bits per heavy atom. The number of hydrogen-bond donors (Lipinski definition) is 0. The van der Waals surface area contributed by atoms with Crippen LogP contribution in [0.15, 0.2) is 183 Å². The molecule has 0 saturated heterocycles. The molecule has 0 aliphatic carbocycles. The highest BCUT2D eigenvalue weighted by Crippen LogP contribution is 2.50. The molecule has 1 unspecified atom stereocenters. The van der Waals surface area contributed by atoms with E-state index in [0.29, 0.717) is 21.3 Å². The molecule has 0 aromatic heterocycles. The molecule has 0 aliphatic heterocycles. The van der Waals surface area contributed by atoms with Crippen LogP contribution in [-0.4, -0.2) is 12.6 Å². The summed E-state index contributed by atoms with van der Waals surface area (Å²) in [6.07, 6.45) is 0. The van der Waals surface area contributed by atoms with Crippen LogP contribution >= 0.6 is 11.8 Å². The first kappa shape index (κ1) is 29.4. The Kier molecular flexibility index (Phi) is 8.93. The van der Waals surface area contributed by atoms with Crippen molar-refractivity contribution in [2.24, 2.45) is 0 Å². The van der Waals surface area contributed by atoms with Crippen molar-refractivity contribution >= 4 is 38.5 Å². The Morgan fingerprint density at radius 2 is 1.11 bits per heavy atom. The van der Waals surface area contributed by atoms with Gasteiger partial charge in [-0.3, -0.25) is 0 Å². The summed E-state index contributed by atoms with van der Waals surface area (Å²) in [7, 11) is -6.46. The van der Waals surface area contributed by atoms with Gasteiger partial charge < -0.3 is 4.74 Å². The zero-order chi connectivity index (χ0) is 30.4. The lowest BCUT2D eigenvalue weighted by atomic mass is 10.0. The van der Waals surface area contributed by atoms with E-state index >= 15 is 0 Å². The predicted octanol–water partition coefficient (Wildman–Crippen LogP) is 9.22. The minimum absolute atomic E-state index is 0.0256. The molecule has 0 spiro atoms. The summed E-state index contributed by atoms with van der Waals surface area (Å²) >= 11 is 1.36. The van der Waals surface area contributed by atoms with Gasteiger partial charge in [-0.2, -0.15) is 3.71 Å². The molecule has 218 valence electrons. The lowest BCUT2D eigenvalue weighted by Crippen LogP contribution is -2.33. The van der Waals surface area contributed by atoms with Crippen LogP contribution in [-0.2, 0) is 21.0 Å². The second kappa shape index (κ2) is 13.3. The second-order valence-electron chi connectivity index (χ2n) is 9.59. The number of nitrogens with zero attached hydrogens (tertiary/aromatic N) is 1. The maximum Gasteiger partial charge on any atom is 0.275 e. The molecule has 8 heteroatoms. The molecule has 0 heterocycles. The average Bonchev–Trinajstić information content (AvgIpc) is 3.08. The standard InChI is InChI=1S/C36H27NO4S3/c38-43(31-22-12-4-13-23-31)37(44(39,40)32-24-14-5-15-25-32)34-27-26-33(28-16-6-1-7-17-28)35(41-29-18-8-2-9-19-29)36(34)42-30-20-10-3-11-21-30/h1-27H. The monoisotopic (exact) mass is 633 g/mol. The van der Waals surface area contributed by atoms with Gasteiger partial charge in [-0.1, -0.05) is 115 Å². The highest BCUT2D eigenvalue weighted by molar-refractivity contribution is 8.07. The minimum Gasteiger partial charge on any atom is -0.455 e. The molecule has 6 aromatic carbocycles. The molecule has 6 aromatic rings. The first-order valence-electron chi connectivity index (χ1n) is 13.8. The summed E-state index contributed by atoms with van der Waals surface area (Å²) in [6.45, 7) is 0. The summed E-state index contributed by atoms with van der Waals surface area (Å²) in [5, 5.41) is 0. The van der Waals surface area contributed by atoms with E-state index in [1.165, 1.54) is 23.9 Å². The van der Waals surface area contributed by atoms with Crippen molar-refractivity contribution in [1.29, 1.82) is 0 Å². The minimum atomic E-state index is -4.32. The van der Waals surface area contributed by atoms with Crippen molar-refractivity contribution < 1.29 is 17.4 Å². The van der Waals surface area contributed by atoms with E-state index in [0.717, 1.165) is 19.7 Å². The van der Waals surface area contributed by atoms with Crippen LogP contribution in [0.3, 0.4) is 0 Å². The topological polar surface area (TPSA) is 63.7 Å². The first-order chi connectivity index (χ1) is 21.5. The Labute approximate surface area is 264 Å². The van der Waals surface area contributed by atoms with Gasteiger partial charge in [0.25, 0.3) is 10.0 Å². The van der Waals surface area contributed by atoms with Crippen molar-refractivity contribution in [2.75, 3.05) is 3.71 Å². The van der Waals surface area contributed by atoms with Crippen LogP contribution in [0.1, 0.15) is 0 Å². The number of rotatable bonds is 10. The van der Waals surface area contributed by atoms with E-state index in [1.807, 2.05) is 97.1 Å². The van der Waals surface area contributed by atoms with Crippen molar-refractivity contribution in [3.8, 4) is 22.6 Å². The van der Waals surface area contributed by atoms with Gasteiger partial charge in [0, 0.05) is 10.5 Å². The molecule has 0 amide bonds. The average molecular weight is 634 g/mol. The highest BCUT2D eigenvalue weighted by Gasteiger charge is 2.35. The number of hydrogen-bond acceptors (Lipinski definition) is 5. The van der Waals surface area contributed by atoms with Gasteiger partial charge >= 0.3 is 0 Å². The van der Waals surface area contributed by atoms with Crippen LogP contribution in [0.2, 0.25) is 0 Å². The Balaban J connectivity index is 1.66. The molecule has 0 N–H and O–H groups in total. The van der Waals surface area contributed by atoms with Gasteiger partial charge in [0.1, 0.15) is 5.75 Å². The molecule has 0 saturated carbocycles. The molecule has 5 nitrogen and oxygen atoms in total. The largest absolute Gasteiger partial charge is 0.455 e. The molecular formula is C36H27NO4S3. The van der Waals surface area contributed by atoms with Crippen molar-refractivity contribution in [3.63, 3.8) is 0 Å². The zero-order valence-corrected chi connectivity index (χ0v) is 25.8. The van der Waals surface area contributed by atoms with Gasteiger partial charge in [-0.15, -0.1) is 0 Å². The lowest BCUT2D eigenvalue weighted by molar-refractivity contribution is 0.473. The predicted molar refractivity (Wildman–Crippen MR) is 178 cm³/mol. The fraction of sp³-hybridized carbons (Fsp3) is 0. The summed E-state index contributed by atoms with van der Waals surface area (Å²) in [6, 6.07) is 49.0. The number of ether oxygens (including phenoxy) is 1. The third-order valence-corrected chi connectivity index (χ3v) is 11.4. The summed E-state index contributed by atoms with van der Waals surface area (Å²) < 4.78 is 51.0. The van der Waals surface area contributed by atoms with Gasteiger partial charge in [0.05, 0.1) is 20.4 Å². The third-order valence-electron chi connectivity index (χ3n) is 6.65. The van der Waals surface area contributed by atoms with Crippen LogP contribution < -0.4 is 8.45 Å². The van der Waals surface area contributed by atoms with E-state index in [1.54, 1.807) is 54.6 Å². The van der Waals surface area contributed by atoms with Crippen LogP contribution in [0, 0.1) is 0 Å². The second-order valence-corrected chi connectivity index (χ2v) is 14.0. The normalized spacial score (nSPS) is 11.9. The molecular weight excluding hydrogens is 607 g/mol. The van der Waals surface area contributed by atoms with Gasteiger partial charge in [-0.25, -0.2) is 12.6 Å². The number of sulfonamides is 1.